The van der Waals surface area contributed by atoms with Crippen molar-refractivity contribution >= 4 is 11.9 Å². The Kier molecular flexibility index (Phi) is 2.41. The van der Waals surface area contributed by atoms with Crippen LogP contribution in [0.4, 0.5) is 0 Å². The maximum atomic E-state index is 11.6. The molecule has 0 saturated carbocycles. The highest BCUT2D eigenvalue weighted by molar-refractivity contribution is 5.84. The zero-order valence-corrected chi connectivity index (χ0v) is 7.81. The molecule has 2 aliphatic rings. The van der Waals surface area contributed by atoms with E-state index in [1.807, 2.05) is 0 Å². The number of amides is 1. The first-order valence-electron chi connectivity index (χ1n) is 4.81. The third kappa shape index (κ3) is 1.59. The Morgan fingerprint density at radius 3 is 2.57 bits per heavy atom. The molecule has 0 unspecified atom stereocenters. The topological polar surface area (TPSA) is 66.8 Å². The molecule has 1 amide bonds. The van der Waals surface area contributed by atoms with Crippen LogP contribution in [0.1, 0.15) is 12.8 Å². The van der Waals surface area contributed by atoms with Gasteiger partial charge >= 0.3 is 5.97 Å². The summed E-state index contributed by atoms with van der Waals surface area (Å²) < 4.78 is 5.23. The van der Waals surface area contributed by atoms with Gasteiger partial charge in [0, 0.05) is 19.7 Å². The number of hydrogen-bond acceptors (Lipinski definition) is 3. The van der Waals surface area contributed by atoms with E-state index in [0.717, 1.165) is 12.8 Å². The van der Waals surface area contributed by atoms with Crippen molar-refractivity contribution in [3.8, 4) is 0 Å². The zero-order valence-electron chi connectivity index (χ0n) is 7.81. The van der Waals surface area contributed by atoms with Gasteiger partial charge in [0.2, 0.25) is 0 Å². The van der Waals surface area contributed by atoms with Crippen LogP contribution in [0.25, 0.3) is 0 Å². The van der Waals surface area contributed by atoms with Crippen molar-refractivity contribution in [2.45, 2.75) is 18.9 Å². The fourth-order valence-electron chi connectivity index (χ4n) is 1.79. The van der Waals surface area contributed by atoms with Crippen molar-refractivity contribution in [1.82, 2.24) is 4.90 Å². The smallest absolute Gasteiger partial charge is 0.310 e. The van der Waals surface area contributed by atoms with E-state index in [-0.39, 0.29) is 17.9 Å². The van der Waals surface area contributed by atoms with Gasteiger partial charge in [-0.15, -0.1) is 0 Å². The number of carbonyl (C=O) groups is 2. The van der Waals surface area contributed by atoms with E-state index in [0.29, 0.717) is 19.7 Å². The minimum atomic E-state index is -0.818. The molecule has 5 heteroatoms. The van der Waals surface area contributed by atoms with Gasteiger partial charge in [-0.1, -0.05) is 0 Å². The minimum absolute atomic E-state index is 0.0417. The van der Waals surface area contributed by atoms with Gasteiger partial charge in [-0.2, -0.15) is 0 Å². The molecule has 0 aromatic rings. The van der Waals surface area contributed by atoms with Crippen LogP contribution in [-0.2, 0) is 14.3 Å². The molecule has 1 N–H and O–H groups in total. The first kappa shape index (κ1) is 9.45. The molecular weight excluding hydrogens is 186 g/mol. The normalized spacial score (nSPS) is 27.4. The Balaban J connectivity index is 1.81. The second-order valence-corrected chi connectivity index (χ2v) is 3.78. The molecule has 0 aliphatic carbocycles. The molecule has 78 valence electrons. The van der Waals surface area contributed by atoms with Gasteiger partial charge in [0.05, 0.1) is 5.92 Å². The van der Waals surface area contributed by atoms with E-state index in [9.17, 15) is 9.59 Å². The summed E-state index contributed by atoms with van der Waals surface area (Å²) in [5.41, 5.74) is 0. The number of aliphatic carboxylic acids is 1. The lowest BCUT2D eigenvalue weighted by Gasteiger charge is -2.37. The van der Waals surface area contributed by atoms with Crippen molar-refractivity contribution in [3.63, 3.8) is 0 Å². The quantitative estimate of drug-likeness (QED) is 0.663. The number of carboxylic acids is 1. The number of likely N-dealkylation sites (tertiary alicyclic amines) is 1. The molecule has 2 heterocycles. The molecule has 0 bridgehead atoms. The van der Waals surface area contributed by atoms with Gasteiger partial charge in [0.25, 0.3) is 5.91 Å². The summed E-state index contributed by atoms with van der Waals surface area (Å²) in [5.74, 6) is -1.23. The number of rotatable bonds is 2. The maximum absolute atomic E-state index is 11.6. The van der Waals surface area contributed by atoms with Crippen molar-refractivity contribution < 1.29 is 19.4 Å². The van der Waals surface area contributed by atoms with Crippen LogP contribution in [0.15, 0.2) is 0 Å². The second kappa shape index (κ2) is 3.57. The molecule has 2 fully saturated rings. The summed E-state index contributed by atoms with van der Waals surface area (Å²) in [4.78, 5) is 23.7. The van der Waals surface area contributed by atoms with E-state index in [1.54, 1.807) is 4.90 Å². The largest absolute Gasteiger partial charge is 0.481 e. The Morgan fingerprint density at radius 1 is 1.36 bits per heavy atom. The highest BCUT2D eigenvalue weighted by Gasteiger charge is 2.39. The Labute approximate surface area is 81.6 Å². The van der Waals surface area contributed by atoms with E-state index in [4.69, 9.17) is 9.84 Å². The zero-order chi connectivity index (χ0) is 10.1. The Bertz CT molecular complexity index is 254. The number of carbonyl (C=O) groups excluding carboxylic acids is 1. The predicted octanol–water partition coefficient (Wildman–Crippen LogP) is -0.292. The van der Waals surface area contributed by atoms with Gasteiger partial charge in [-0.3, -0.25) is 9.59 Å². The maximum Gasteiger partial charge on any atom is 0.310 e. The first-order valence-corrected chi connectivity index (χ1v) is 4.81. The highest BCUT2D eigenvalue weighted by atomic mass is 16.5. The van der Waals surface area contributed by atoms with Gasteiger partial charge in [0.15, 0.2) is 0 Å². The summed E-state index contributed by atoms with van der Waals surface area (Å²) >= 11 is 0. The molecule has 2 saturated heterocycles. The number of nitrogens with zero attached hydrogens (tertiary/aromatic N) is 1. The first-order chi connectivity index (χ1) is 6.68. The molecule has 14 heavy (non-hydrogen) atoms. The number of ether oxygens (including phenoxy) is 1. The molecule has 0 spiro atoms. The molecule has 1 atom stereocenters. The molecular formula is C9H13NO4. The molecule has 0 aromatic heterocycles. The fraction of sp³-hybridized carbons (Fsp3) is 0.778. The van der Waals surface area contributed by atoms with Crippen LogP contribution in [0.5, 0.6) is 0 Å². The summed E-state index contributed by atoms with van der Waals surface area (Å²) in [7, 11) is 0. The van der Waals surface area contributed by atoms with Crippen LogP contribution in [-0.4, -0.2) is 47.7 Å². The van der Waals surface area contributed by atoms with Crippen LogP contribution in [0, 0.1) is 5.92 Å². The van der Waals surface area contributed by atoms with Crippen LogP contribution in [0.3, 0.4) is 0 Å². The average molecular weight is 199 g/mol. The summed E-state index contributed by atoms with van der Waals surface area (Å²) in [5, 5.41) is 8.63. The van der Waals surface area contributed by atoms with Crippen LogP contribution in [0.2, 0.25) is 0 Å². The SMILES string of the molecule is O=C(O)C1CN(C(=O)[C@H]2CCCO2)C1. The predicted molar refractivity (Wildman–Crippen MR) is 46.7 cm³/mol. The van der Waals surface area contributed by atoms with Gasteiger partial charge in [-0.25, -0.2) is 0 Å². The monoisotopic (exact) mass is 199 g/mol. The van der Waals surface area contributed by atoms with Crippen molar-refractivity contribution in [2.24, 2.45) is 5.92 Å². The van der Waals surface area contributed by atoms with Gasteiger partial charge in [-0.05, 0) is 12.8 Å². The molecule has 2 aliphatic heterocycles. The Morgan fingerprint density at radius 2 is 2.07 bits per heavy atom. The van der Waals surface area contributed by atoms with Gasteiger partial charge < -0.3 is 14.7 Å². The van der Waals surface area contributed by atoms with Crippen LogP contribution < -0.4 is 0 Å². The molecule has 0 aromatic carbocycles. The number of carboxylic acid groups (broad SMARTS) is 1. The number of hydrogen-bond donors (Lipinski definition) is 1. The summed E-state index contributed by atoms with van der Waals surface area (Å²) in [6.07, 6.45) is 1.38. The lowest BCUT2D eigenvalue weighted by Crippen LogP contribution is -2.55. The van der Waals surface area contributed by atoms with Crippen LogP contribution >= 0.6 is 0 Å². The lowest BCUT2D eigenvalue weighted by molar-refractivity contribution is -0.157. The van der Waals surface area contributed by atoms with E-state index < -0.39 is 5.97 Å². The molecule has 0 radical (unpaired) electrons. The fourth-order valence-corrected chi connectivity index (χ4v) is 1.79. The second-order valence-electron chi connectivity index (χ2n) is 3.78. The summed E-state index contributed by atoms with van der Waals surface area (Å²) in [6.45, 7) is 1.33. The minimum Gasteiger partial charge on any atom is -0.481 e. The molecule has 2 rings (SSSR count). The average Bonchev–Trinajstić information content (AvgIpc) is 2.51. The third-order valence-electron chi connectivity index (χ3n) is 2.75. The lowest BCUT2D eigenvalue weighted by atomic mass is 9.99. The molecule has 5 nitrogen and oxygen atoms in total. The van der Waals surface area contributed by atoms with E-state index >= 15 is 0 Å². The Hall–Kier alpha value is -1.10. The van der Waals surface area contributed by atoms with Crippen molar-refractivity contribution in [1.29, 1.82) is 0 Å². The third-order valence-corrected chi connectivity index (χ3v) is 2.75. The van der Waals surface area contributed by atoms with Crippen molar-refractivity contribution in [3.05, 3.63) is 0 Å². The van der Waals surface area contributed by atoms with Gasteiger partial charge in [0.1, 0.15) is 6.10 Å². The standard InChI is InChI=1S/C9H13NO4/c11-8(7-2-1-3-14-7)10-4-6(5-10)9(12)13/h6-7H,1-5H2,(H,12,13)/t7-/m1/s1. The van der Waals surface area contributed by atoms with Crippen molar-refractivity contribution in [2.75, 3.05) is 19.7 Å². The van der Waals surface area contributed by atoms with E-state index in [1.165, 1.54) is 0 Å². The highest BCUT2D eigenvalue weighted by Crippen LogP contribution is 2.21. The summed E-state index contributed by atoms with van der Waals surface area (Å²) in [6, 6.07) is 0. The van der Waals surface area contributed by atoms with E-state index in [2.05, 4.69) is 0 Å².